The topological polar surface area (TPSA) is 77.8 Å². The first-order valence-electron chi connectivity index (χ1n) is 5.94. The highest BCUT2D eigenvalue weighted by molar-refractivity contribution is 7.22. The zero-order valence-corrected chi connectivity index (χ0v) is 12.1. The maximum Gasteiger partial charge on any atom is 0.181 e. The Kier molecular flexibility index (Phi) is 3.49. The van der Waals surface area contributed by atoms with Crippen LogP contribution in [0.2, 0.25) is 0 Å². The second kappa shape index (κ2) is 5.44. The van der Waals surface area contributed by atoms with Gasteiger partial charge >= 0.3 is 0 Å². The van der Waals surface area contributed by atoms with Gasteiger partial charge in [-0.05, 0) is 24.3 Å². The number of aromatic nitrogens is 2. The smallest absolute Gasteiger partial charge is 0.181 e. The van der Waals surface area contributed by atoms with E-state index in [4.69, 9.17) is 11.5 Å². The molecule has 0 unspecified atom stereocenters. The van der Waals surface area contributed by atoms with E-state index < -0.39 is 0 Å². The first-order valence-corrected chi connectivity index (χ1v) is 7.58. The van der Waals surface area contributed by atoms with Gasteiger partial charge in [-0.2, -0.15) is 0 Å². The molecule has 4 nitrogen and oxygen atoms in total. The molecule has 4 rings (SSSR count). The number of benzene rings is 2. The molecule has 2 aromatic carbocycles. The molecule has 100 valence electrons. The highest BCUT2D eigenvalue weighted by atomic mass is 32.1. The van der Waals surface area contributed by atoms with Gasteiger partial charge in [-0.1, -0.05) is 46.9 Å². The summed E-state index contributed by atoms with van der Waals surface area (Å²) < 4.78 is 2.31. The predicted molar refractivity (Wildman–Crippen MR) is 88.1 cm³/mol. The van der Waals surface area contributed by atoms with Gasteiger partial charge in [0.15, 0.2) is 10.3 Å². The van der Waals surface area contributed by atoms with Gasteiger partial charge in [0.05, 0.1) is 20.4 Å². The molecule has 0 amide bonds. The molecule has 20 heavy (non-hydrogen) atoms. The lowest BCUT2D eigenvalue weighted by Crippen LogP contribution is -1.78. The molecule has 0 aliphatic carbocycles. The largest absolute Gasteiger partial charge is 0.375 e. The standard InChI is InChI=1S/2C7H6N2S/c2*8-7-9-5-3-1-2-4-6(5)10-7/h2*1-4H,(H2,8,9). The van der Waals surface area contributed by atoms with Gasteiger partial charge in [-0.25, -0.2) is 9.97 Å². The lowest BCUT2D eigenvalue weighted by Gasteiger charge is -1.80. The number of hydrogen-bond donors (Lipinski definition) is 2. The summed E-state index contributed by atoms with van der Waals surface area (Å²) >= 11 is 3.04. The van der Waals surface area contributed by atoms with Crippen LogP contribution in [0.25, 0.3) is 20.4 Å². The van der Waals surface area contributed by atoms with Crippen LogP contribution in [0.3, 0.4) is 0 Å². The number of nitrogens with zero attached hydrogens (tertiary/aromatic N) is 2. The van der Waals surface area contributed by atoms with E-state index in [0.29, 0.717) is 10.3 Å². The van der Waals surface area contributed by atoms with E-state index in [0.717, 1.165) is 20.4 Å². The zero-order valence-electron chi connectivity index (χ0n) is 10.5. The lowest BCUT2D eigenvalue weighted by atomic mass is 10.3. The van der Waals surface area contributed by atoms with E-state index in [1.54, 1.807) is 0 Å². The van der Waals surface area contributed by atoms with E-state index in [9.17, 15) is 0 Å². The summed E-state index contributed by atoms with van der Waals surface area (Å²) in [6, 6.07) is 15.8. The predicted octanol–water partition coefficient (Wildman–Crippen LogP) is 3.76. The van der Waals surface area contributed by atoms with Crippen LogP contribution in [0.1, 0.15) is 0 Å². The minimum absolute atomic E-state index is 0.640. The van der Waals surface area contributed by atoms with Crippen molar-refractivity contribution in [2.45, 2.75) is 0 Å². The van der Waals surface area contributed by atoms with Crippen LogP contribution in [-0.2, 0) is 0 Å². The van der Waals surface area contributed by atoms with Gasteiger partial charge < -0.3 is 11.5 Å². The van der Waals surface area contributed by atoms with Crippen LogP contribution in [0.4, 0.5) is 10.3 Å². The van der Waals surface area contributed by atoms with Crippen LogP contribution in [0.5, 0.6) is 0 Å². The van der Waals surface area contributed by atoms with Gasteiger partial charge in [-0.3, -0.25) is 0 Å². The second-order valence-electron chi connectivity index (χ2n) is 4.04. The Bertz CT molecular complexity index is 712. The first kappa shape index (κ1) is 12.8. The first-order chi connectivity index (χ1) is 9.72. The molecule has 0 fully saturated rings. The van der Waals surface area contributed by atoms with E-state index in [1.165, 1.54) is 22.7 Å². The molecule has 2 aromatic heterocycles. The SMILES string of the molecule is Nc1nc2ccccc2s1.Nc1nc2ccccc2s1. The Labute approximate surface area is 123 Å². The van der Waals surface area contributed by atoms with Gasteiger partial charge in [-0.15, -0.1) is 0 Å². The molecule has 0 saturated heterocycles. The molecule has 0 bridgehead atoms. The molecule has 4 aromatic rings. The van der Waals surface area contributed by atoms with Crippen molar-refractivity contribution in [2.75, 3.05) is 11.5 Å². The summed E-state index contributed by atoms with van der Waals surface area (Å²) in [6.45, 7) is 0. The molecule has 0 aliphatic heterocycles. The lowest BCUT2D eigenvalue weighted by molar-refractivity contribution is 1.50. The molecule has 0 atom stereocenters. The third-order valence-electron chi connectivity index (χ3n) is 2.62. The van der Waals surface area contributed by atoms with Crippen molar-refractivity contribution in [1.29, 1.82) is 0 Å². The van der Waals surface area contributed by atoms with Crippen LogP contribution >= 0.6 is 22.7 Å². The molecule has 4 N–H and O–H groups in total. The summed E-state index contributed by atoms with van der Waals surface area (Å²) in [7, 11) is 0. The molecule has 2 heterocycles. The summed E-state index contributed by atoms with van der Waals surface area (Å²) in [5.41, 5.74) is 13.0. The Morgan fingerprint density at radius 3 is 1.45 bits per heavy atom. The van der Waals surface area contributed by atoms with Crippen molar-refractivity contribution >= 4 is 53.4 Å². The number of rotatable bonds is 0. The van der Waals surface area contributed by atoms with Crippen molar-refractivity contribution in [3.63, 3.8) is 0 Å². The normalized spacial score (nSPS) is 10.4. The number of nitrogen functional groups attached to an aromatic ring is 2. The average molecular weight is 300 g/mol. The van der Waals surface area contributed by atoms with Crippen LogP contribution in [0, 0.1) is 0 Å². The van der Waals surface area contributed by atoms with Crippen molar-refractivity contribution in [3.8, 4) is 0 Å². The van der Waals surface area contributed by atoms with E-state index >= 15 is 0 Å². The highest BCUT2D eigenvalue weighted by Crippen LogP contribution is 2.23. The van der Waals surface area contributed by atoms with E-state index in [-0.39, 0.29) is 0 Å². The zero-order chi connectivity index (χ0) is 13.9. The Morgan fingerprint density at radius 2 is 1.05 bits per heavy atom. The Hall–Kier alpha value is -2.18. The molecule has 0 aliphatic rings. The number of para-hydroxylation sites is 2. The summed E-state index contributed by atoms with van der Waals surface area (Å²) in [6.07, 6.45) is 0. The number of nitrogens with two attached hydrogens (primary N) is 2. The highest BCUT2D eigenvalue weighted by Gasteiger charge is 1.97. The Morgan fingerprint density at radius 1 is 0.650 bits per heavy atom. The van der Waals surface area contributed by atoms with E-state index in [1.807, 2.05) is 48.5 Å². The fourth-order valence-electron chi connectivity index (χ4n) is 1.78. The minimum atomic E-state index is 0.640. The average Bonchev–Trinajstić information content (AvgIpc) is 2.99. The monoisotopic (exact) mass is 300 g/mol. The third-order valence-corrected chi connectivity index (χ3v) is 4.35. The number of anilines is 2. The van der Waals surface area contributed by atoms with Crippen LogP contribution < -0.4 is 11.5 Å². The summed E-state index contributed by atoms with van der Waals surface area (Å²) in [5.74, 6) is 0. The number of hydrogen-bond acceptors (Lipinski definition) is 6. The molecule has 0 radical (unpaired) electrons. The number of thiazole rings is 2. The van der Waals surface area contributed by atoms with Gasteiger partial charge in [0.2, 0.25) is 0 Å². The second-order valence-corrected chi connectivity index (χ2v) is 6.16. The van der Waals surface area contributed by atoms with Crippen LogP contribution in [0.15, 0.2) is 48.5 Å². The van der Waals surface area contributed by atoms with Crippen molar-refractivity contribution in [1.82, 2.24) is 9.97 Å². The van der Waals surface area contributed by atoms with Crippen LogP contribution in [-0.4, -0.2) is 9.97 Å². The summed E-state index contributed by atoms with van der Waals surface area (Å²) in [4.78, 5) is 8.22. The van der Waals surface area contributed by atoms with Crippen molar-refractivity contribution in [2.24, 2.45) is 0 Å². The van der Waals surface area contributed by atoms with Gasteiger partial charge in [0.1, 0.15) is 0 Å². The molecule has 0 saturated carbocycles. The molecular weight excluding hydrogens is 288 g/mol. The quantitative estimate of drug-likeness (QED) is 0.518. The van der Waals surface area contributed by atoms with Crippen molar-refractivity contribution in [3.05, 3.63) is 48.5 Å². The molecular formula is C14H12N4S2. The third kappa shape index (κ3) is 2.71. The maximum absolute atomic E-state index is 5.50. The van der Waals surface area contributed by atoms with E-state index in [2.05, 4.69) is 9.97 Å². The molecule has 0 spiro atoms. The maximum atomic E-state index is 5.50. The fraction of sp³-hybridized carbons (Fsp3) is 0. The fourth-order valence-corrected chi connectivity index (χ4v) is 3.25. The Balaban J connectivity index is 0.000000121. The number of fused-ring (bicyclic) bond motifs is 2. The minimum Gasteiger partial charge on any atom is -0.375 e. The molecule has 6 heteroatoms. The van der Waals surface area contributed by atoms with Crippen molar-refractivity contribution < 1.29 is 0 Å². The van der Waals surface area contributed by atoms with Gasteiger partial charge in [0.25, 0.3) is 0 Å². The van der Waals surface area contributed by atoms with Gasteiger partial charge in [0, 0.05) is 0 Å². The summed E-state index contributed by atoms with van der Waals surface area (Å²) in [5, 5.41) is 1.28.